The van der Waals surface area contributed by atoms with Crippen LogP contribution in [0, 0.1) is 0 Å². The Labute approximate surface area is 101 Å². The first-order chi connectivity index (χ1) is 7.83. The predicted molar refractivity (Wildman–Crippen MR) is 64.9 cm³/mol. The number of ether oxygens (including phenoxy) is 1. The van der Waals surface area contributed by atoms with Gasteiger partial charge < -0.3 is 16.2 Å². The Morgan fingerprint density at radius 1 is 1.53 bits per heavy atom. The van der Waals surface area contributed by atoms with Gasteiger partial charge in [0.2, 0.25) is 0 Å². The second-order valence-corrected chi connectivity index (χ2v) is 4.80. The molecule has 4 N–H and O–H groups in total. The van der Waals surface area contributed by atoms with Gasteiger partial charge in [-0.1, -0.05) is 0 Å². The van der Waals surface area contributed by atoms with Crippen molar-refractivity contribution in [3.63, 3.8) is 0 Å². The molecular weight excluding hydrogens is 218 g/mol. The Kier molecular flexibility index (Phi) is 4.20. The van der Waals surface area contributed by atoms with E-state index in [1.807, 2.05) is 0 Å². The van der Waals surface area contributed by atoms with Crippen molar-refractivity contribution in [1.29, 1.82) is 0 Å². The van der Waals surface area contributed by atoms with E-state index in [9.17, 15) is 4.79 Å². The van der Waals surface area contributed by atoms with Crippen LogP contribution in [0.25, 0.3) is 0 Å². The number of esters is 1. The summed E-state index contributed by atoms with van der Waals surface area (Å²) in [5, 5.41) is 0. The smallest absolute Gasteiger partial charge is 0.328 e. The van der Waals surface area contributed by atoms with Crippen molar-refractivity contribution in [2.75, 3.05) is 0 Å². The molecule has 0 saturated carbocycles. The third-order valence-corrected chi connectivity index (χ3v) is 2.07. The topological polar surface area (TPSA) is 91.2 Å². The Morgan fingerprint density at radius 3 is 2.71 bits per heavy atom. The van der Waals surface area contributed by atoms with E-state index >= 15 is 0 Å². The maximum Gasteiger partial charge on any atom is 0.328 e. The number of hydrogen-bond donors (Lipinski definition) is 2. The SMILES string of the molecule is CC(C)(C)OC(=O)C(N)c1ccnc(CN)c1. The number of carbonyl (C=O) groups is 1. The fourth-order valence-corrected chi connectivity index (χ4v) is 1.30. The van der Waals surface area contributed by atoms with E-state index < -0.39 is 17.6 Å². The third-order valence-electron chi connectivity index (χ3n) is 2.07. The molecule has 17 heavy (non-hydrogen) atoms. The number of nitrogens with two attached hydrogens (primary N) is 2. The molecule has 1 aromatic rings. The van der Waals surface area contributed by atoms with Crippen molar-refractivity contribution >= 4 is 5.97 Å². The molecule has 0 spiro atoms. The van der Waals surface area contributed by atoms with Crippen LogP contribution in [-0.4, -0.2) is 16.6 Å². The van der Waals surface area contributed by atoms with Crippen LogP contribution >= 0.6 is 0 Å². The van der Waals surface area contributed by atoms with Crippen LogP contribution in [0.1, 0.15) is 38.1 Å². The molecule has 0 radical (unpaired) electrons. The summed E-state index contributed by atoms with van der Waals surface area (Å²) >= 11 is 0. The molecule has 0 bridgehead atoms. The predicted octanol–water partition coefficient (Wildman–Crippen LogP) is 0.882. The first kappa shape index (κ1) is 13.6. The van der Waals surface area contributed by atoms with E-state index in [4.69, 9.17) is 16.2 Å². The molecule has 1 aromatic heterocycles. The van der Waals surface area contributed by atoms with Gasteiger partial charge in [0.25, 0.3) is 0 Å². The van der Waals surface area contributed by atoms with Crippen molar-refractivity contribution in [3.8, 4) is 0 Å². The van der Waals surface area contributed by atoms with Crippen LogP contribution in [0.2, 0.25) is 0 Å². The third kappa shape index (κ3) is 4.13. The molecule has 1 heterocycles. The molecule has 0 aliphatic carbocycles. The van der Waals surface area contributed by atoms with Gasteiger partial charge in [0.15, 0.2) is 0 Å². The molecule has 0 saturated heterocycles. The van der Waals surface area contributed by atoms with Gasteiger partial charge in [0, 0.05) is 12.7 Å². The molecule has 5 nitrogen and oxygen atoms in total. The van der Waals surface area contributed by atoms with Gasteiger partial charge in [0.1, 0.15) is 11.6 Å². The van der Waals surface area contributed by atoms with Crippen molar-refractivity contribution in [1.82, 2.24) is 4.98 Å². The van der Waals surface area contributed by atoms with Crippen LogP contribution in [0.4, 0.5) is 0 Å². The Bertz CT molecular complexity index is 399. The van der Waals surface area contributed by atoms with Gasteiger partial charge in [-0.3, -0.25) is 4.98 Å². The maximum atomic E-state index is 11.8. The Hall–Kier alpha value is -1.46. The van der Waals surface area contributed by atoms with E-state index in [0.29, 0.717) is 17.8 Å². The first-order valence-corrected chi connectivity index (χ1v) is 5.47. The molecular formula is C12H19N3O2. The average molecular weight is 237 g/mol. The molecule has 0 fully saturated rings. The standard InChI is InChI=1S/C12H19N3O2/c1-12(2,3)17-11(16)10(14)8-4-5-15-9(6-8)7-13/h4-6,10H,7,13-14H2,1-3H3. The van der Waals surface area contributed by atoms with Gasteiger partial charge in [-0.05, 0) is 38.5 Å². The molecule has 5 heteroatoms. The largest absolute Gasteiger partial charge is 0.459 e. The zero-order valence-corrected chi connectivity index (χ0v) is 10.4. The van der Waals surface area contributed by atoms with Gasteiger partial charge in [-0.2, -0.15) is 0 Å². The zero-order chi connectivity index (χ0) is 13.1. The number of nitrogens with zero attached hydrogens (tertiary/aromatic N) is 1. The van der Waals surface area contributed by atoms with Crippen molar-refractivity contribution in [2.24, 2.45) is 11.5 Å². The molecule has 0 aromatic carbocycles. The second-order valence-electron chi connectivity index (χ2n) is 4.80. The number of rotatable bonds is 3. The lowest BCUT2D eigenvalue weighted by Gasteiger charge is -2.22. The summed E-state index contributed by atoms with van der Waals surface area (Å²) in [7, 11) is 0. The van der Waals surface area contributed by atoms with Crippen molar-refractivity contribution in [3.05, 3.63) is 29.6 Å². The minimum atomic E-state index is -0.803. The lowest BCUT2D eigenvalue weighted by Crippen LogP contribution is -2.31. The molecule has 0 aliphatic heterocycles. The number of carbonyl (C=O) groups excluding carboxylic acids is 1. The average Bonchev–Trinajstić information content (AvgIpc) is 2.26. The van der Waals surface area contributed by atoms with Crippen LogP contribution in [-0.2, 0) is 16.1 Å². The highest BCUT2D eigenvalue weighted by Crippen LogP contribution is 2.16. The van der Waals surface area contributed by atoms with Crippen LogP contribution in [0.3, 0.4) is 0 Å². The van der Waals surface area contributed by atoms with Gasteiger partial charge >= 0.3 is 5.97 Å². The number of hydrogen-bond acceptors (Lipinski definition) is 5. The summed E-state index contributed by atoms with van der Waals surface area (Å²) < 4.78 is 5.21. The van der Waals surface area contributed by atoms with E-state index in [0.717, 1.165) is 0 Å². The Balaban J connectivity index is 2.81. The minimum absolute atomic E-state index is 0.314. The number of aromatic nitrogens is 1. The monoisotopic (exact) mass is 237 g/mol. The zero-order valence-electron chi connectivity index (χ0n) is 10.4. The maximum absolute atomic E-state index is 11.8. The summed E-state index contributed by atoms with van der Waals surface area (Å²) in [5.41, 5.74) is 12.1. The summed E-state index contributed by atoms with van der Waals surface area (Å²) in [5.74, 6) is -0.452. The lowest BCUT2D eigenvalue weighted by atomic mass is 10.1. The summed E-state index contributed by atoms with van der Waals surface area (Å²) in [4.78, 5) is 15.8. The molecule has 94 valence electrons. The van der Waals surface area contributed by atoms with Gasteiger partial charge in [0.05, 0.1) is 5.69 Å². The van der Waals surface area contributed by atoms with Crippen LogP contribution < -0.4 is 11.5 Å². The normalized spacial score (nSPS) is 13.2. The highest BCUT2D eigenvalue weighted by atomic mass is 16.6. The number of pyridine rings is 1. The molecule has 0 amide bonds. The van der Waals surface area contributed by atoms with Crippen molar-refractivity contribution in [2.45, 2.75) is 39.0 Å². The first-order valence-electron chi connectivity index (χ1n) is 5.47. The summed E-state index contributed by atoms with van der Waals surface area (Å²) in [6, 6.07) is 2.60. The Morgan fingerprint density at radius 2 is 2.18 bits per heavy atom. The molecule has 0 aliphatic rings. The van der Waals surface area contributed by atoms with Crippen molar-refractivity contribution < 1.29 is 9.53 Å². The quantitative estimate of drug-likeness (QED) is 0.761. The summed E-state index contributed by atoms with van der Waals surface area (Å²) in [6.07, 6.45) is 1.59. The lowest BCUT2D eigenvalue weighted by molar-refractivity contribution is -0.156. The van der Waals surface area contributed by atoms with Crippen LogP contribution in [0.5, 0.6) is 0 Å². The highest BCUT2D eigenvalue weighted by Gasteiger charge is 2.23. The van der Waals surface area contributed by atoms with Gasteiger partial charge in [-0.25, -0.2) is 4.79 Å². The highest BCUT2D eigenvalue weighted by molar-refractivity contribution is 5.77. The second kappa shape index (κ2) is 5.25. The van der Waals surface area contributed by atoms with E-state index in [2.05, 4.69) is 4.98 Å². The van der Waals surface area contributed by atoms with Gasteiger partial charge in [-0.15, -0.1) is 0 Å². The molecule has 1 unspecified atom stereocenters. The fraction of sp³-hybridized carbons (Fsp3) is 0.500. The van der Waals surface area contributed by atoms with E-state index in [-0.39, 0.29) is 0 Å². The van der Waals surface area contributed by atoms with E-state index in [1.54, 1.807) is 39.1 Å². The molecule has 1 atom stereocenters. The fourth-order valence-electron chi connectivity index (χ4n) is 1.30. The summed E-state index contributed by atoms with van der Waals surface area (Å²) in [6.45, 7) is 5.72. The van der Waals surface area contributed by atoms with E-state index in [1.165, 1.54) is 0 Å². The van der Waals surface area contributed by atoms with Crippen LogP contribution in [0.15, 0.2) is 18.3 Å². The molecule has 1 rings (SSSR count). The minimum Gasteiger partial charge on any atom is -0.459 e.